The van der Waals surface area contributed by atoms with E-state index in [1.807, 2.05) is 20.8 Å². The Morgan fingerprint density at radius 1 is 1.29 bits per heavy atom. The third kappa shape index (κ3) is 5.95. The maximum absolute atomic E-state index is 12.1. The van der Waals surface area contributed by atoms with Gasteiger partial charge in [0.1, 0.15) is 5.54 Å². The minimum atomic E-state index is -0.544. The normalized spacial score (nSPS) is 26.3. The molecule has 124 valence electrons. The quantitative estimate of drug-likeness (QED) is 0.700. The van der Waals surface area contributed by atoms with Crippen molar-refractivity contribution < 1.29 is 9.53 Å². The van der Waals surface area contributed by atoms with Crippen molar-refractivity contribution >= 4 is 5.97 Å². The lowest BCUT2D eigenvalue weighted by molar-refractivity contribution is -0.150. The van der Waals surface area contributed by atoms with Gasteiger partial charge in [0.25, 0.3) is 0 Å². The van der Waals surface area contributed by atoms with Crippen molar-refractivity contribution in [1.29, 1.82) is 0 Å². The van der Waals surface area contributed by atoms with E-state index in [9.17, 15) is 4.79 Å². The van der Waals surface area contributed by atoms with Gasteiger partial charge in [-0.15, -0.1) is 0 Å². The number of ether oxygens (including phenoxy) is 1. The van der Waals surface area contributed by atoms with Crippen LogP contribution in [0.5, 0.6) is 0 Å². The van der Waals surface area contributed by atoms with Gasteiger partial charge in [-0.25, -0.2) is 0 Å². The minimum absolute atomic E-state index is 0.118. The molecule has 1 saturated heterocycles. The van der Waals surface area contributed by atoms with Gasteiger partial charge >= 0.3 is 5.97 Å². The summed E-state index contributed by atoms with van der Waals surface area (Å²) in [5.41, 5.74) is -0.544. The summed E-state index contributed by atoms with van der Waals surface area (Å²) in [7, 11) is 0. The van der Waals surface area contributed by atoms with E-state index in [1.54, 1.807) is 0 Å². The summed E-state index contributed by atoms with van der Waals surface area (Å²) < 4.78 is 5.22. The number of likely N-dealkylation sites (tertiary alicyclic amines) is 1. The van der Waals surface area contributed by atoms with Crippen molar-refractivity contribution in [2.24, 2.45) is 11.8 Å². The molecule has 0 spiro atoms. The highest BCUT2D eigenvalue weighted by Gasteiger charge is 2.33. The molecule has 0 amide bonds. The highest BCUT2D eigenvalue weighted by molar-refractivity contribution is 5.80. The van der Waals surface area contributed by atoms with E-state index in [1.165, 1.54) is 19.5 Å². The molecule has 4 nitrogen and oxygen atoms in total. The summed E-state index contributed by atoms with van der Waals surface area (Å²) in [6, 6.07) is 0. The molecule has 1 aliphatic rings. The molecule has 0 aliphatic carbocycles. The van der Waals surface area contributed by atoms with Crippen LogP contribution in [0.15, 0.2) is 0 Å². The molecule has 1 rings (SSSR count). The Morgan fingerprint density at radius 2 is 1.90 bits per heavy atom. The van der Waals surface area contributed by atoms with E-state index in [-0.39, 0.29) is 5.97 Å². The molecular formula is C17H34N2O2. The van der Waals surface area contributed by atoms with Gasteiger partial charge in [0.05, 0.1) is 6.61 Å². The molecule has 1 heterocycles. The Kier molecular flexibility index (Phi) is 7.67. The van der Waals surface area contributed by atoms with Crippen molar-refractivity contribution in [3.8, 4) is 0 Å². The molecule has 21 heavy (non-hydrogen) atoms. The van der Waals surface area contributed by atoms with Crippen molar-refractivity contribution in [2.45, 2.75) is 59.4 Å². The number of carbonyl (C=O) groups is 1. The van der Waals surface area contributed by atoms with Crippen LogP contribution in [0.3, 0.4) is 0 Å². The van der Waals surface area contributed by atoms with Crippen LogP contribution in [-0.4, -0.2) is 49.2 Å². The Balaban J connectivity index is 2.44. The second-order valence-corrected chi connectivity index (χ2v) is 6.89. The van der Waals surface area contributed by atoms with Gasteiger partial charge in [-0.05, 0) is 58.0 Å². The van der Waals surface area contributed by atoms with Crippen LogP contribution in [0.25, 0.3) is 0 Å². The summed E-state index contributed by atoms with van der Waals surface area (Å²) in [4.78, 5) is 14.7. The number of hydrogen-bond acceptors (Lipinski definition) is 4. The smallest absolute Gasteiger partial charge is 0.326 e. The zero-order valence-corrected chi connectivity index (χ0v) is 14.6. The molecule has 0 aromatic heterocycles. The van der Waals surface area contributed by atoms with Crippen LogP contribution in [0, 0.1) is 11.8 Å². The number of hydrogen-bond donors (Lipinski definition) is 1. The van der Waals surface area contributed by atoms with Gasteiger partial charge in [-0.2, -0.15) is 0 Å². The second-order valence-electron chi connectivity index (χ2n) is 6.89. The molecule has 1 N–H and O–H groups in total. The van der Waals surface area contributed by atoms with E-state index < -0.39 is 5.54 Å². The fourth-order valence-corrected chi connectivity index (χ4v) is 3.57. The van der Waals surface area contributed by atoms with E-state index in [4.69, 9.17) is 4.74 Å². The Morgan fingerprint density at radius 3 is 2.43 bits per heavy atom. The number of esters is 1. The van der Waals surface area contributed by atoms with Gasteiger partial charge in [-0.3, -0.25) is 4.79 Å². The summed E-state index contributed by atoms with van der Waals surface area (Å²) in [5, 5.41) is 3.31. The molecule has 1 fully saturated rings. The molecule has 0 aromatic carbocycles. The van der Waals surface area contributed by atoms with E-state index in [0.717, 1.165) is 37.8 Å². The lowest BCUT2D eigenvalue weighted by Gasteiger charge is -2.36. The molecule has 0 radical (unpaired) electrons. The number of rotatable bonds is 8. The Bertz CT molecular complexity index is 312. The third-order valence-corrected chi connectivity index (χ3v) is 4.39. The molecular weight excluding hydrogens is 264 g/mol. The Hall–Kier alpha value is -0.610. The predicted molar refractivity (Wildman–Crippen MR) is 87.3 cm³/mol. The highest BCUT2D eigenvalue weighted by Crippen LogP contribution is 2.22. The SMILES string of the molecule is CCNC(C)(CCCN1CC(C)CC(C)C1)C(=O)OCC. The van der Waals surface area contributed by atoms with Crippen molar-refractivity contribution in [3.63, 3.8) is 0 Å². The first-order chi connectivity index (χ1) is 9.91. The monoisotopic (exact) mass is 298 g/mol. The van der Waals surface area contributed by atoms with Gasteiger partial charge < -0.3 is 15.0 Å². The second kappa shape index (κ2) is 8.74. The maximum atomic E-state index is 12.1. The first-order valence-corrected chi connectivity index (χ1v) is 8.55. The van der Waals surface area contributed by atoms with Crippen molar-refractivity contribution in [1.82, 2.24) is 10.2 Å². The van der Waals surface area contributed by atoms with Gasteiger partial charge in [0.2, 0.25) is 0 Å². The fraction of sp³-hybridized carbons (Fsp3) is 0.941. The van der Waals surface area contributed by atoms with Crippen LogP contribution in [-0.2, 0) is 9.53 Å². The molecule has 3 unspecified atom stereocenters. The Labute approximate surface area is 130 Å². The maximum Gasteiger partial charge on any atom is 0.326 e. The lowest BCUT2D eigenvalue weighted by Crippen LogP contribution is -2.51. The van der Waals surface area contributed by atoms with E-state index in [2.05, 4.69) is 24.1 Å². The number of piperidine rings is 1. The van der Waals surface area contributed by atoms with Crippen LogP contribution < -0.4 is 5.32 Å². The first kappa shape index (κ1) is 18.4. The summed E-state index contributed by atoms with van der Waals surface area (Å²) >= 11 is 0. The van der Waals surface area contributed by atoms with Gasteiger partial charge in [-0.1, -0.05) is 20.8 Å². The highest BCUT2D eigenvalue weighted by atomic mass is 16.5. The molecule has 0 bridgehead atoms. The average Bonchev–Trinajstić information content (AvgIpc) is 2.38. The standard InChI is InChI=1S/C17H34N2O2/c1-6-18-17(5,16(20)21-7-2)9-8-10-19-12-14(3)11-15(4)13-19/h14-15,18H,6-13H2,1-5H3. The van der Waals surface area contributed by atoms with Gasteiger partial charge in [0.15, 0.2) is 0 Å². The van der Waals surface area contributed by atoms with Gasteiger partial charge in [0, 0.05) is 13.1 Å². The van der Waals surface area contributed by atoms with Crippen molar-refractivity contribution in [3.05, 3.63) is 0 Å². The van der Waals surface area contributed by atoms with Crippen LogP contribution in [0.1, 0.15) is 53.9 Å². The van der Waals surface area contributed by atoms with E-state index in [0.29, 0.717) is 6.61 Å². The largest absolute Gasteiger partial charge is 0.465 e. The zero-order chi connectivity index (χ0) is 15.9. The summed E-state index contributed by atoms with van der Waals surface area (Å²) in [6.07, 6.45) is 3.20. The zero-order valence-electron chi connectivity index (χ0n) is 14.6. The first-order valence-electron chi connectivity index (χ1n) is 8.55. The van der Waals surface area contributed by atoms with Crippen LogP contribution >= 0.6 is 0 Å². The molecule has 0 saturated carbocycles. The van der Waals surface area contributed by atoms with Crippen LogP contribution in [0.4, 0.5) is 0 Å². The van der Waals surface area contributed by atoms with Crippen molar-refractivity contribution in [2.75, 3.05) is 32.8 Å². The molecule has 0 aromatic rings. The average molecular weight is 298 g/mol. The number of likely N-dealkylation sites (N-methyl/N-ethyl adjacent to an activating group) is 1. The molecule has 4 heteroatoms. The number of nitrogens with zero attached hydrogens (tertiary/aromatic N) is 1. The number of carbonyl (C=O) groups excluding carboxylic acids is 1. The summed E-state index contributed by atoms with van der Waals surface area (Å²) in [5.74, 6) is 1.46. The fourth-order valence-electron chi connectivity index (χ4n) is 3.57. The van der Waals surface area contributed by atoms with E-state index >= 15 is 0 Å². The van der Waals surface area contributed by atoms with Crippen LogP contribution in [0.2, 0.25) is 0 Å². The minimum Gasteiger partial charge on any atom is -0.465 e. The molecule has 1 aliphatic heterocycles. The number of nitrogens with one attached hydrogen (secondary N) is 1. The third-order valence-electron chi connectivity index (χ3n) is 4.39. The predicted octanol–water partition coefficient (Wildman–Crippen LogP) is 2.68. The summed E-state index contributed by atoms with van der Waals surface area (Å²) in [6.45, 7) is 15.2. The topological polar surface area (TPSA) is 41.6 Å². The molecule has 3 atom stereocenters. The lowest BCUT2D eigenvalue weighted by atomic mass is 9.91.